The summed E-state index contributed by atoms with van der Waals surface area (Å²) in [5.41, 5.74) is 3.02. The maximum Gasteiger partial charge on any atom is 0.318 e. The molecule has 1 heterocycles. The number of urea groups is 1. The summed E-state index contributed by atoms with van der Waals surface area (Å²) in [6.45, 7) is 1.81. The van der Waals surface area contributed by atoms with E-state index >= 15 is 0 Å². The van der Waals surface area contributed by atoms with E-state index in [-0.39, 0.29) is 11.9 Å². The van der Waals surface area contributed by atoms with Gasteiger partial charge >= 0.3 is 6.03 Å². The minimum Gasteiger partial charge on any atom is -0.364 e. The van der Waals surface area contributed by atoms with Crippen molar-refractivity contribution in [2.75, 3.05) is 35.7 Å². The minimum absolute atomic E-state index is 0.168. The summed E-state index contributed by atoms with van der Waals surface area (Å²) in [5.74, 6) is -0.168. The second-order valence-electron chi connectivity index (χ2n) is 5.66. The normalized spacial score (nSPS) is 12.8. The Hall–Kier alpha value is -3.28. The summed E-state index contributed by atoms with van der Waals surface area (Å²) in [5, 5.41) is 7.99. The van der Waals surface area contributed by atoms with Crippen molar-refractivity contribution in [2.45, 2.75) is 0 Å². The van der Waals surface area contributed by atoms with E-state index in [4.69, 9.17) is 0 Å². The molecule has 3 amide bonds. The third-order valence-corrected chi connectivity index (χ3v) is 3.94. The number of anilines is 3. The molecular weight excluding hydrogens is 316 g/mol. The molecule has 1 aliphatic heterocycles. The Morgan fingerprint density at radius 1 is 0.840 bits per heavy atom. The fraction of sp³-hybridized carbons (Fsp3) is 0.158. The number of amides is 3. The van der Waals surface area contributed by atoms with Gasteiger partial charge < -0.3 is 20.9 Å². The van der Waals surface area contributed by atoms with Crippen molar-refractivity contribution in [3.63, 3.8) is 0 Å². The van der Waals surface area contributed by atoms with Gasteiger partial charge in [0.25, 0.3) is 5.91 Å². The Morgan fingerprint density at radius 3 is 1.96 bits per heavy atom. The van der Waals surface area contributed by atoms with Crippen LogP contribution in [0, 0.1) is 0 Å². The summed E-state index contributed by atoms with van der Waals surface area (Å²) in [4.78, 5) is 25.8. The van der Waals surface area contributed by atoms with Crippen molar-refractivity contribution in [1.29, 1.82) is 0 Å². The first-order valence-electron chi connectivity index (χ1n) is 8.06. The Balaban J connectivity index is 1.60. The van der Waals surface area contributed by atoms with Crippen molar-refractivity contribution < 1.29 is 9.59 Å². The van der Waals surface area contributed by atoms with Crippen LogP contribution < -0.4 is 20.9 Å². The van der Waals surface area contributed by atoms with E-state index in [1.807, 2.05) is 24.3 Å². The average molecular weight is 336 g/mol. The summed E-state index contributed by atoms with van der Waals surface area (Å²) in [7, 11) is 1.55. The Morgan fingerprint density at radius 2 is 1.40 bits per heavy atom. The van der Waals surface area contributed by atoms with Crippen molar-refractivity contribution in [3.05, 3.63) is 66.2 Å². The van der Waals surface area contributed by atoms with Crippen LogP contribution >= 0.6 is 0 Å². The smallest absolute Gasteiger partial charge is 0.318 e. The first kappa shape index (κ1) is 16.6. The summed E-state index contributed by atoms with van der Waals surface area (Å²) >= 11 is 0. The van der Waals surface area contributed by atoms with Crippen LogP contribution in [0.15, 0.2) is 60.7 Å². The van der Waals surface area contributed by atoms with Gasteiger partial charge in [-0.05, 0) is 48.5 Å². The summed E-state index contributed by atoms with van der Waals surface area (Å²) in [6, 6.07) is 14.2. The van der Waals surface area contributed by atoms with Gasteiger partial charge in [-0.15, -0.1) is 0 Å². The molecule has 0 saturated heterocycles. The predicted molar refractivity (Wildman–Crippen MR) is 100 cm³/mol. The molecule has 0 aromatic heterocycles. The second-order valence-corrected chi connectivity index (χ2v) is 5.66. The molecule has 0 bridgehead atoms. The number of nitrogens with zero attached hydrogens (tertiary/aromatic N) is 1. The van der Waals surface area contributed by atoms with E-state index < -0.39 is 0 Å². The summed E-state index contributed by atoms with van der Waals surface area (Å²) in [6.07, 6.45) is 4.26. The standard InChI is InChI=1S/C19H20N4O2/c1-20-19(25)22-16-8-6-15(7-9-16)21-18(24)14-4-10-17(11-5-14)23-12-2-3-13-23/h2-11H,12-13H2,1H3,(H,21,24)(H2,20,22,25). The number of carbonyl (C=O) groups excluding carboxylic acids is 2. The van der Waals surface area contributed by atoms with E-state index in [1.54, 1.807) is 31.3 Å². The number of hydrogen-bond donors (Lipinski definition) is 3. The van der Waals surface area contributed by atoms with Crippen LogP contribution in [-0.4, -0.2) is 32.1 Å². The Labute approximate surface area is 146 Å². The van der Waals surface area contributed by atoms with Gasteiger partial charge in [0.05, 0.1) is 0 Å². The topological polar surface area (TPSA) is 73.5 Å². The highest BCUT2D eigenvalue weighted by Gasteiger charge is 2.10. The quantitative estimate of drug-likeness (QED) is 0.751. The third-order valence-electron chi connectivity index (χ3n) is 3.94. The van der Waals surface area contributed by atoms with Crippen LogP contribution in [-0.2, 0) is 0 Å². The molecule has 6 nitrogen and oxygen atoms in total. The number of carbonyl (C=O) groups is 2. The zero-order valence-electron chi connectivity index (χ0n) is 14.0. The first-order chi connectivity index (χ1) is 12.2. The molecule has 3 N–H and O–H groups in total. The van der Waals surface area contributed by atoms with Crippen LogP contribution in [0.2, 0.25) is 0 Å². The molecule has 128 valence electrons. The van der Waals surface area contributed by atoms with Crippen molar-refractivity contribution in [2.24, 2.45) is 0 Å². The lowest BCUT2D eigenvalue weighted by Crippen LogP contribution is -2.24. The van der Waals surface area contributed by atoms with Crippen LogP contribution in [0.1, 0.15) is 10.4 Å². The maximum absolute atomic E-state index is 12.3. The summed E-state index contributed by atoms with van der Waals surface area (Å²) < 4.78 is 0. The Bertz CT molecular complexity index is 774. The van der Waals surface area contributed by atoms with Crippen LogP contribution in [0.3, 0.4) is 0 Å². The van der Waals surface area contributed by atoms with Gasteiger partial charge in [0.1, 0.15) is 0 Å². The van der Waals surface area contributed by atoms with Gasteiger partial charge in [0.2, 0.25) is 0 Å². The molecule has 0 aliphatic carbocycles. The lowest BCUT2D eigenvalue weighted by molar-refractivity contribution is 0.102. The van der Waals surface area contributed by atoms with Crippen LogP contribution in [0.25, 0.3) is 0 Å². The number of benzene rings is 2. The Kier molecular flexibility index (Phi) is 4.99. The fourth-order valence-corrected chi connectivity index (χ4v) is 2.55. The zero-order chi connectivity index (χ0) is 17.6. The molecule has 0 saturated carbocycles. The molecule has 2 aromatic carbocycles. The van der Waals surface area contributed by atoms with E-state index in [0.29, 0.717) is 16.9 Å². The molecular formula is C19H20N4O2. The third kappa shape index (κ3) is 4.17. The largest absolute Gasteiger partial charge is 0.364 e. The van der Waals surface area contributed by atoms with E-state index in [2.05, 4.69) is 33.0 Å². The second kappa shape index (κ2) is 7.53. The molecule has 25 heavy (non-hydrogen) atoms. The van der Waals surface area contributed by atoms with E-state index in [0.717, 1.165) is 18.8 Å². The zero-order valence-corrected chi connectivity index (χ0v) is 14.0. The van der Waals surface area contributed by atoms with Gasteiger partial charge in [-0.25, -0.2) is 4.79 Å². The molecule has 6 heteroatoms. The lowest BCUT2D eigenvalue weighted by Gasteiger charge is -2.17. The van der Waals surface area contributed by atoms with Crippen LogP contribution in [0.5, 0.6) is 0 Å². The van der Waals surface area contributed by atoms with Gasteiger partial charge in [0.15, 0.2) is 0 Å². The predicted octanol–water partition coefficient (Wildman–Crippen LogP) is 3.07. The first-order valence-corrected chi connectivity index (χ1v) is 8.06. The molecule has 0 radical (unpaired) electrons. The monoisotopic (exact) mass is 336 g/mol. The molecule has 0 spiro atoms. The van der Waals surface area contributed by atoms with Gasteiger partial charge in [-0.1, -0.05) is 12.2 Å². The van der Waals surface area contributed by atoms with E-state index in [9.17, 15) is 9.59 Å². The van der Waals surface area contributed by atoms with Gasteiger partial charge in [0, 0.05) is 42.8 Å². The van der Waals surface area contributed by atoms with E-state index in [1.165, 1.54) is 0 Å². The molecule has 2 aromatic rings. The average Bonchev–Trinajstić information content (AvgIpc) is 3.18. The number of nitrogens with one attached hydrogen (secondary N) is 3. The number of rotatable bonds is 4. The van der Waals surface area contributed by atoms with Gasteiger partial charge in [-0.3, -0.25) is 4.79 Å². The highest BCUT2D eigenvalue weighted by molar-refractivity contribution is 6.04. The molecule has 0 atom stereocenters. The lowest BCUT2D eigenvalue weighted by atomic mass is 10.1. The highest BCUT2D eigenvalue weighted by atomic mass is 16.2. The highest BCUT2D eigenvalue weighted by Crippen LogP contribution is 2.19. The fourth-order valence-electron chi connectivity index (χ4n) is 2.55. The van der Waals surface area contributed by atoms with Crippen molar-refractivity contribution >= 4 is 29.0 Å². The number of hydrogen-bond acceptors (Lipinski definition) is 3. The molecule has 1 aliphatic rings. The SMILES string of the molecule is CNC(=O)Nc1ccc(NC(=O)c2ccc(N3CC=CC3)cc2)cc1. The van der Waals surface area contributed by atoms with Gasteiger partial charge in [-0.2, -0.15) is 0 Å². The van der Waals surface area contributed by atoms with Crippen LogP contribution in [0.4, 0.5) is 21.9 Å². The molecule has 3 rings (SSSR count). The van der Waals surface area contributed by atoms with Crippen molar-refractivity contribution in [3.8, 4) is 0 Å². The molecule has 0 unspecified atom stereocenters. The van der Waals surface area contributed by atoms with Crippen molar-refractivity contribution in [1.82, 2.24) is 5.32 Å². The molecule has 0 fully saturated rings. The minimum atomic E-state index is -0.287. The maximum atomic E-state index is 12.3.